The van der Waals surface area contributed by atoms with E-state index < -0.39 is 9.84 Å². The first-order valence-corrected chi connectivity index (χ1v) is 10.4. The molecule has 1 aromatic heterocycles. The van der Waals surface area contributed by atoms with Gasteiger partial charge in [0.1, 0.15) is 17.8 Å². The average Bonchev–Trinajstić information content (AvgIpc) is 2.93. The Bertz CT molecular complexity index is 904. The zero-order chi connectivity index (χ0) is 18.6. The van der Waals surface area contributed by atoms with E-state index in [1.54, 1.807) is 6.07 Å². The van der Waals surface area contributed by atoms with Crippen molar-refractivity contribution in [3.05, 3.63) is 52.9 Å². The molecule has 1 fully saturated rings. The van der Waals surface area contributed by atoms with Gasteiger partial charge in [0.25, 0.3) is 5.91 Å². The van der Waals surface area contributed by atoms with Crippen molar-refractivity contribution in [1.82, 2.24) is 15.3 Å². The molecule has 0 spiro atoms. The summed E-state index contributed by atoms with van der Waals surface area (Å²) >= 11 is 5.94. The van der Waals surface area contributed by atoms with Crippen molar-refractivity contribution < 1.29 is 13.2 Å². The highest BCUT2D eigenvalue weighted by molar-refractivity contribution is 7.91. The van der Waals surface area contributed by atoms with E-state index in [0.29, 0.717) is 30.2 Å². The molecule has 1 aliphatic rings. The third-order valence-corrected chi connectivity index (χ3v) is 6.08. The molecule has 1 amide bonds. The molecule has 0 saturated carbocycles. The lowest BCUT2D eigenvalue weighted by Gasteiger charge is -2.12. The molecule has 0 aliphatic carbocycles. The van der Waals surface area contributed by atoms with Gasteiger partial charge in [0.05, 0.1) is 11.5 Å². The van der Waals surface area contributed by atoms with Crippen molar-refractivity contribution in [1.29, 1.82) is 0 Å². The summed E-state index contributed by atoms with van der Waals surface area (Å²) in [5.41, 5.74) is 1.26. The smallest absolute Gasteiger partial charge is 0.270 e. The number of sulfone groups is 1. The molecule has 7 nitrogen and oxygen atoms in total. The predicted octanol–water partition coefficient (Wildman–Crippen LogP) is 1.70. The Morgan fingerprint density at radius 2 is 2.12 bits per heavy atom. The van der Waals surface area contributed by atoms with Crippen molar-refractivity contribution in [2.24, 2.45) is 0 Å². The van der Waals surface area contributed by atoms with Crippen molar-refractivity contribution in [3.8, 4) is 0 Å². The maximum Gasteiger partial charge on any atom is 0.270 e. The average molecular weight is 395 g/mol. The Hall–Kier alpha value is -2.19. The predicted molar refractivity (Wildman–Crippen MR) is 100 cm³/mol. The van der Waals surface area contributed by atoms with Gasteiger partial charge in [-0.2, -0.15) is 0 Å². The highest BCUT2D eigenvalue weighted by Crippen LogP contribution is 2.16. The Morgan fingerprint density at radius 3 is 2.85 bits per heavy atom. The Balaban J connectivity index is 1.54. The summed E-state index contributed by atoms with van der Waals surface area (Å²) in [7, 11) is -2.98. The fraction of sp³-hybridized carbons (Fsp3) is 0.353. The van der Waals surface area contributed by atoms with E-state index in [9.17, 15) is 13.2 Å². The number of hydrogen-bond acceptors (Lipinski definition) is 6. The highest BCUT2D eigenvalue weighted by Gasteiger charge is 2.28. The van der Waals surface area contributed by atoms with Crippen LogP contribution in [0.15, 0.2) is 36.7 Å². The van der Waals surface area contributed by atoms with Crippen molar-refractivity contribution >= 4 is 33.2 Å². The van der Waals surface area contributed by atoms with E-state index in [1.807, 2.05) is 18.2 Å². The molecular formula is C17H19ClN4O3S. The van der Waals surface area contributed by atoms with Crippen molar-refractivity contribution in [2.75, 3.05) is 23.4 Å². The normalized spacial score (nSPS) is 18.4. The minimum atomic E-state index is -2.98. The minimum Gasteiger partial charge on any atom is -0.366 e. The van der Waals surface area contributed by atoms with Gasteiger partial charge in [0.15, 0.2) is 9.84 Å². The van der Waals surface area contributed by atoms with E-state index >= 15 is 0 Å². The summed E-state index contributed by atoms with van der Waals surface area (Å²) in [6, 6.07) is 8.81. The fourth-order valence-corrected chi connectivity index (χ4v) is 4.67. The largest absolute Gasteiger partial charge is 0.366 e. The lowest BCUT2D eigenvalue weighted by atomic mass is 10.1. The zero-order valence-corrected chi connectivity index (χ0v) is 15.6. The Morgan fingerprint density at radius 1 is 1.27 bits per heavy atom. The molecule has 1 atom stereocenters. The van der Waals surface area contributed by atoms with Gasteiger partial charge in [-0.3, -0.25) is 4.79 Å². The first-order valence-electron chi connectivity index (χ1n) is 8.23. The summed E-state index contributed by atoms with van der Waals surface area (Å²) in [6.45, 7) is 0.451. The number of rotatable bonds is 6. The Kier molecular flexibility index (Phi) is 5.73. The number of anilines is 1. The third kappa shape index (κ3) is 5.15. The van der Waals surface area contributed by atoms with Crippen molar-refractivity contribution in [2.45, 2.75) is 18.9 Å². The van der Waals surface area contributed by atoms with Gasteiger partial charge in [-0.1, -0.05) is 23.7 Å². The fourth-order valence-electron chi connectivity index (χ4n) is 2.78. The number of benzene rings is 1. The molecule has 1 aromatic carbocycles. The van der Waals surface area contributed by atoms with Gasteiger partial charge >= 0.3 is 0 Å². The van der Waals surface area contributed by atoms with Gasteiger partial charge in [0.2, 0.25) is 0 Å². The van der Waals surface area contributed by atoms with Gasteiger partial charge < -0.3 is 10.6 Å². The molecule has 1 unspecified atom stereocenters. The van der Waals surface area contributed by atoms with Gasteiger partial charge in [-0.25, -0.2) is 18.4 Å². The number of halogens is 1. The Labute approximate surface area is 157 Å². The lowest BCUT2D eigenvalue weighted by Crippen LogP contribution is -2.27. The van der Waals surface area contributed by atoms with Crippen LogP contribution in [-0.2, 0) is 16.3 Å². The number of amides is 1. The molecule has 26 heavy (non-hydrogen) atoms. The summed E-state index contributed by atoms with van der Waals surface area (Å²) in [5.74, 6) is 0.392. The molecule has 2 heterocycles. The number of aromatic nitrogens is 2. The number of hydrogen-bond donors (Lipinski definition) is 2. The second kappa shape index (κ2) is 8.01. The van der Waals surface area contributed by atoms with Crippen LogP contribution in [0, 0.1) is 0 Å². The zero-order valence-electron chi connectivity index (χ0n) is 14.0. The summed E-state index contributed by atoms with van der Waals surface area (Å²) in [6.07, 6.45) is 2.48. The molecule has 138 valence electrons. The van der Waals surface area contributed by atoms with Crippen LogP contribution in [0.1, 0.15) is 22.5 Å². The standard InChI is InChI=1S/C17H19ClN4O3S/c18-13-3-1-2-12(8-13)4-6-19-17(23)15-9-16(21-11-20-15)22-14-5-7-26(24,25)10-14/h1-3,8-9,11,14H,4-7,10H2,(H,19,23)(H,20,21,22). The van der Waals surface area contributed by atoms with Crippen LogP contribution in [0.5, 0.6) is 0 Å². The molecule has 2 aromatic rings. The maximum absolute atomic E-state index is 12.2. The lowest BCUT2D eigenvalue weighted by molar-refractivity contribution is 0.0949. The van der Waals surface area contributed by atoms with Gasteiger partial charge in [-0.05, 0) is 30.5 Å². The van der Waals surface area contributed by atoms with Crippen LogP contribution in [-0.4, -0.2) is 48.4 Å². The van der Waals surface area contributed by atoms with Crippen LogP contribution in [0.3, 0.4) is 0 Å². The second-order valence-corrected chi connectivity index (χ2v) is 8.83. The summed E-state index contributed by atoms with van der Waals surface area (Å²) < 4.78 is 23.0. The molecule has 0 radical (unpaired) electrons. The highest BCUT2D eigenvalue weighted by atomic mass is 35.5. The summed E-state index contributed by atoms with van der Waals surface area (Å²) in [4.78, 5) is 20.3. The SMILES string of the molecule is O=C(NCCc1cccc(Cl)c1)c1cc(NC2CCS(=O)(=O)C2)ncn1. The van der Waals surface area contributed by atoms with Crippen LogP contribution in [0.2, 0.25) is 5.02 Å². The van der Waals surface area contributed by atoms with E-state index in [2.05, 4.69) is 20.6 Å². The van der Waals surface area contributed by atoms with Crippen LogP contribution in [0.4, 0.5) is 5.82 Å². The van der Waals surface area contributed by atoms with Gasteiger partial charge in [-0.15, -0.1) is 0 Å². The topological polar surface area (TPSA) is 101 Å². The molecule has 3 rings (SSSR count). The minimum absolute atomic E-state index is 0.0815. The van der Waals surface area contributed by atoms with Crippen molar-refractivity contribution in [3.63, 3.8) is 0 Å². The van der Waals surface area contributed by atoms with E-state index in [0.717, 1.165) is 5.56 Å². The van der Waals surface area contributed by atoms with E-state index in [4.69, 9.17) is 11.6 Å². The molecular weight excluding hydrogens is 376 g/mol. The van der Waals surface area contributed by atoms with E-state index in [1.165, 1.54) is 12.4 Å². The quantitative estimate of drug-likeness (QED) is 0.773. The molecule has 2 N–H and O–H groups in total. The maximum atomic E-state index is 12.2. The summed E-state index contributed by atoms with van der Waals surface area (Å²) in [5, 5.41) is 6.52. The number of nitrogens with one attached hydrogen (secondary N) is 2. The molecule has 0 bridgehead atoms. The number of nitrogens with zero attached hydrogens (tertiary/aromatic N) is 2. The van der Waals surface area contributed by atoms with Crippen LogP contribution in [0.25, 0.3) is 0 Å². The third-order valence-electron chi connectivity index (χ3n) is 4.07. The molecule has 1 saturated heterocycles. The second-order valence-electron chi connectivity index (χ2n) is 6.17. The van der Waals surface area contributed by atoms with Gasteiger partial charge in [0, 0.05) is 23.7 Å². The number of carbonyl (C=O) groups excluding carboxylic acids is 1. The monoisotopic (exact) mass is 394 g/mol. The molecule has 9 heteroatoms. The first-order chi connectivity index (χ1) is 12.4. The van der Waals surface area contributed by atoms with Crippen LogP contribution < -0.4 is 10.6 Å². The molecule has 1 aliphatic heterocycles. The first kappa shape index (κ1) is 18.6. The van der Waals surface area contributed by atoms with Crippen LogP contribution >= 0.6 is 11.6 Å². The number of carbonyl (C=O) groups is 1. The van der Waals surface area contributed by atoms with E-state index in [-0.39, 0.29) is 29.1 Å².